The van der Waals surface area contributed by atoms with Crippen LogP contribution in [0.4, 0.5) is 0 Å². The highest BCUT2D eigenvalue weighted by molar-refractivity contribution is 7.99. The lowest BCUT2D eigenvalue weighted by atomic mass is 10.1. The minimum Gasteiger partial charge on any atom is -0.378 e. The average molecular weight is 357 g/mol. The Labute approximate surface area is 147 Å². The van der Waals surface area contributed by atoms with E-state index in [1.165, 1.54) is 0 Å². The number of piperidine rings is 1. The number of likely N-dealkylation sites (tertiary alicyclic amines) is 1. The van der Waals surface area contributed by atoms with Crippen molar-refractivity contribution in [3.8, 4) is 0 Å². The van der Waals surface area contributed by atoms with Crippen molar-refractivity contribution in [2.24, 2.45) is 5.73 Å². The molecule has 1 amide bonds. The molecule has 1 aliphatic rings. The van der Waals surface area contributed by atoms with Crippen LogP contribution in [-0.2, 0) is 9.53 Å². The minimum atomic E-state index is 0.242. The van der Waals surface area contributed by atoms with E-state index in [1.807, 2.05) is 29.2 Å². The van der Waals surface area contributed by atoms with Crippen molar-refractivity contribution >= 4 is 29.3 Å². The predicted octanol–water partition coefficient (Wildman–Crippen LogP) is 3.18. The van der Waals surface area contributed by atoms with Gasteiger partial charge in [-0.2, -0.15) is 0 Å². The molecule has 4 nitrogen and oxygen atoms in total. The highest BCUT2D eigenvalue weighted by atomic mass is 35.5. The van der Waals surface area contributed by atoms with Crippen LogP contribution in [0, 0.1) is 0 Å². The van der Waals surface area contributed by atoms with E-state index in [2.05, 4.69) is 0 Å². The molecule has 0 radical (unpaired) electrons. The summed E-state index contributed by atoms with van der Waals surface area (Å²) in [6.07, 6.45) is 3.63. The third-order valence-corrected chi connectivity index (χ3v) is 5.16. The molecule has 1 aromatic carbocycles. The smallest absolute Gasteiger partial charge is 0.223 e. The lowest BCUT2D eigenvalue weighted by Crippen LogP contribution is -2.41. The minimum absolute atomic E-state index is 0.242. The Morgan fingerprint density at radius 1 is 1.30 bits per heavy atom. The maximum Gasteiger partial charge on any atom is 0.223 e. The molecule has 0 unspecified atom stereocenters. The van der Waals surface area contributed by atoms with E-state index in [0.717, 1.165) is 54.6 Å². The summed E-state index contributed by atoms with van der Waals surface area (Å²) in [6, 6.07) is 7.73. The summed E-state index contributed by atoms with van der Waals surface area (Å²) in [5, 5.41) is 0.738. The topological polar surface area (TPSA) is 55.6 Å². The molecule has 1 aliphatic heterocycles. The number of rotatable bonds is 8. The third-order valence-electron chi connectivity index (χ3n) is 3.89. The Morgan fingerprint density at radius 3 is 2.65 bits per heavy atom. The van der Waals surface area contributed by atoms with Gasteiger partial charge in [0.05, 0.1) is 6.10 Å². The van der Waals surface area contributed by atoms with Gasteiger partial charge in [-0.25, -0.2) is 0 Å². The molecule has 23 heavy (non-hydrogen) atoms. The van der Waals surface area contributed by atoms with Crippen molar-refractivity contribution in [1.29, 1.82) is 0 Å². The largest absolute Gasteiger partial charge is 0.378 e. The first-order valence-electron chi connectivity index (χ1n) is 8.17. The van der Waals surface area contributed by atoms with E-state index in [1.54, 1.807) is 11.8 Å². The van der Waals surface area contributed by atoms with Gasteiger partial charge in [-0.05, 0) is 50.1 Å². The number of hydrogen-bond donors (Lipinski definition) is 1. The average Bonchev–Trinajstić information content (AvgIpc) is 2.57. The first-order valence-corrected chi connectivity index (χ1v) is 9.53. The van der Waals surface area contributed by atoms with Gasteiger partial charge in [-0.3, -0.25) is 4.79 Å². The van der Waals surface area contributed by atoms with E-state index in [-0.39, 0.29) is 12.0 Å². The number of hydrogen-bond acceptors (Lipinski definition) is 4. The maximum atomic E-state index is 12.2. The molecule has 2 rings (SSSR count). The van der Waals surface area contributed by atoms with Crippen molar-refractivity contribution in [1.82, 2.24) is 4.90 Å². The number of carbonyl (C=O) groups is 1. The second-order valence-corrected chi connectivity index (χ2v) is 7.25. The van der Waals surface area contributed by atoms with Crippen LogP contribution in [0.1, 0.15) is 25.7 Å². The van der Waals surface area contributed by atoms with Gasteiger partial charge in [0.25, 0.3) is 0 Å². The Hall–Kier alpha value is -0.750. The van der Waals surface area contributed by atoms with E-state index >= 15 is 0 Å². The van der Waals surface area contributed by atoms with Gasteiger partial charge in [-0.15, -0.1) is 11.8 Å². The first kappa shape index (κ1) is 18.6. The van der Waals surface area contributed by atoms with Crippen LogP contribution in [-0.4, -0.2) is 48.9 Å². The fourth-order valence-corrected chi connectivity index (χ4v) is 3.52. The van der Waals surface area contributed by atoms with Gasteiger partial charge < -0.3 is 15.4 Å². The number of ether oxygens (including phenoxy) is 1. The van der Waals surface area contributed by atoms with Gasteiger partial charge in [0.1, 0.15) is 0 Å². The summed E-state index contributed by atoms with van der Waals surface area (Å²) in [6.45, 7) is 3.00. The molecule has 0 bridgehead atoms. The molecular weight excluding hydrogens is 332 g/mol. The maximum absolute atomic E-state index is 12.2. The summed E-state index contributed by atoms with van der Waals surface area (Å²) in [5.74, 6) is 1.04. The summed E-state index contributed by atoms with van der Waals surface area (Å²) < 4.78 is 5.77. The lowest BCUT2D eigenvalue weighted by molar-refractivity contribution is -0.133. The molecule has 0 spiro atoms. The van der Waals surface area contributed by atoms with E-state index < -0.39 is 0 Å². The number of benzene rings is 1. The van der Waals surface area contributed by atoms with Crippen molar-refractivity contribution in [2.75, 3.05) is 32.0 Å². The standard InChI is InChI=1S/C17H25ClN2O2S/c18-14-2-4-16(5-3-14)23-13-8-17(21)20-10-6-15(7-11-20)22-12-1-9-19/h2-5,15H,1,6-13,19H2. The highest BCUT2D eigenvalue weighted by Gasteiger charge is 2.22. The van der Waals surface area contributed by atoms with Gasteiger partial charge in [-0.1, -0.05) is 11.6 Å². The fraction of sp³-hybridized carbons (Fsp3) is 0.588. The van der Waals surface area contributed by atoms with Crippen LogP contribution in [0.15, 0.2) is 29.2 Å². The molecule has 0 saturated carbocycles. The summed E-state index contributed by atoms with van der Waals surface area (Å²) >= 11 is 7.56. The molecule has 0 atom stereocenters. The molecule has 0 aromatic heterocycles. The Balaban J connectivity index is 1.62. The van der Waals surface area contributed by atoms with Crippen LogP contribution >= 0.6 is 23.4 Å². The fourth-order valence-electron chi connectivity index (χ4n) is 2.55. The monoisotopic (exact) mass is 356 g/mol. The van der Waals surface area contributed by atoms with Crippen molar-refractivity contribution in [2.45, 2.75) is 36.7 Å². The van der Waals surface area contributed by atoms with Gasteiger partial charge in [0.2, 0.25) is 5.91 Å². The van der Waals surface area contributed by atoms with Crippen molar-refractivity contribution in [3.05, 3.63) is 29.3 Å². The van der Waals surface area contributed by atoms with Gasteiger partial charge in [0, 0.05) is 41.8 Å². The molecule has 2 N–H and O–H groups in total. The zero-order chi connectivity index (χ0) is 16.5. The number of nitrogens with two attached hydrogens (primary N) is 1. The lowest BCUT2D eigenvalue weighted by Gasteiger charge is -2.32. The van der Waals surface area contributed by atoms with Gasteiger partial charge in [0.15, 0.2) is 0 Å². The first-order chi connectivity index (χ1) is 11.2. The van der Waals surface area contributed by atoms with E-state index in [4.69, 9.17) is 22.1 Å². The molecule has 1 heterocycles. The predicted molar refractivity (Wildman–Crippen MR) is 96.0 cm³/mol. The summed E-state index contributed by atoms with van der Waals surface area (Å²) in [4.78, 5) is 15.4. The van der Waals surface area contributed by atoms with Crippen LogP contribution in [0.2, 0.25) is 5.02 Å². The molecule has 6 heteroatoms. The SMILES string of the molecule is NCCCOC1CCN(C(=O)CCSc2ccc(Cl)cc2)CC1. The van der Waals surface area contributed by atoms with Gasteiger partial charge >= 0.3 is 0 Å². The summed E-state index contributed by atoms with van der Waals surface area (Å²) in [5.41, 5.74) is 5.46. The second kappa shape index (κ2) is 10.2. The zero-order valence-corrected chi connectivity index (χ0v) is 15.0. The van der Waals surface area contributed by atoms with Crippen LogP contribution < -0.4 is 5.73 Å². The van der Waals surface area contributed by atoms with E-state index in [9.17, 15) is 4.79 Å². The second-order valence-electron chi connectivity index (χ2n) is 5.65. The molecule has 0 aliphatic carbocycles. The molecule has 1 fully saturated rings. The Kier molecular flexibility index (Phi) is 8.23. The Morgan fingerprint density at radius 2 is 2.00 bits per heavy atom. The van der Waals surface area contributed by atoms with E-state index in [0.29, 0.717) is 13.0 Å². The number of nitrogens with zero attached hydrogens (tertiary/aromatic N) is 1. The zero-order valence-electron chi connectivity index (χ0n) is 13.4. The van der Waals surface area contributed by atoms with Crippen LogP contribution in [0.3, 0.4) is 0 Å². The quantitative estimate of drug-likeness (QED) is 0.574. The number of amides is 1. The molecule has 1 saturated heterocycles. The van der Waals surface area contributed by atoms with Crippen molar-refractivity contribution < 1.29 is 9.53 Å². The molecular formula is C17H25ClN2O2S. The van der Waals surface area contributed by atoms with Crippen LogP contribution in [0.5, 0.6) is 0 Å². The molecule has 128 valence electrons. The Bertz CT molecular complexity index is 476. The third kappa shape index (κ3) is 6.71. The number of carbonyl (C=O) groups excluding carboxylic acids is 1. The summed E-state index contributed by atoms with van der Waals surface area (Å²) in [7, 11) is 0. The molecule has 1 aromatic rings. The number of halogens is 1. The van der Waals surface area contributed by atoms with Crippen LogP contribution in [0.25, 0.3) is 0 Å². The van der Waals surface area contributed by atoms with Crippen molar-refractivity contribution in [3.63, 3.8) is 0 Å². The normalized spacial score (nSPS) is 15.8. The number of thioether (sulfide) groups is 1. The highest BCUT2D eigenvalue weighted by Crippen LogP contribution is 2.22.